The van der Waals surface area contributed by atoms with Crippen LogP contribution in [0.1, 0.15) is 55.3 Å². The fourth-order valence-corrected chi connectivity index (χ4v) is 2.64. The number of nitrogens with zero attached hydrogens (tertiary/aromatic N) is 2. The minimum Gasteiger partial charge on any atom is -0.316 e. The van der Waals surface area contributed by atoms with Crippen LogP contribution >= 0.6 is 0 Å². The van der Waals surface area contributed by atoms with Gasteiger partial charge in [0, 0.05) is 29.8 Å². The van der Waals surface area contributed by atoms with Gasteiger partial charge in [-0.25, -0.2) is 9.97 Å². The van der Waals surface area contributed by atoms with Crippen molar-refractivity contribution >= 4 is 0 Å². The summed E-state index contributed by atoms with van der Waals surface area (Å²) in [6, 6.07) is 2.25. The van der Waals surface area contributed by atoms with E-state index in [-0.39, 0.29) is 0 Å². The summed E-state index contributed by atoms with van der Waals surface area (Å²) in [4.78, 5) is 8.88. The summed E-state index contributed by atoms with van der Waals surface area (Å²) in [6.45, 7) is 2.25. The molecule has 0 spiro atoms. The first kappa shape index (κ1) is 10.2. The van der Waals surface area contributed by atoms with Gasteiger partial charge in [-0.3, -0.25) is 0 Å². The molecule has 1 atom stereocenters. The maximum atomic E-state index is 4.45. The molecule has 1 aromatic heterocycles. The average Bonchev–Trinajstić information content (AvgIpc) is 2.28. The van der Waals surface area contributed by atoms with E-state index in [1.165, 1.54) is 43.5 Å². The van der Waals surface area contributed by atoms with E-state index in [0.717, 1.165) is 19.0 Å². The molecule has 2 fully saturated rings. The van der Waals surface area contributed by atoms with E-state index in [1.807, 2.05) is 0 Å². The zero-order valence-electron chi connectivity index (χ0n) is 9.65. The van der Waals surface area contributed by atoms with Crippen LogP contribution in [0.25, 0.3) is 0 Å². The van der Waals surface area contributed by atoms with Crippen LogP contribution < -0.4 is 5.32 Å². The van der Waals surface area contributed by atoms with Crippen LogP contribution in [0, 0.1) is 0 Å². The largest absolute Gasteiger partial charge is 0.316 e. The van der Waals surface area contributed by atoms with Crippen LogP contribution in [0.5, 0.6) is 0 Å². The monoisotopic (exact) mass is 217 g/mol. The molecule has 1 aliphatic carbocycles. The molecule has 0 radical (unpaired) electrons. The molecule has 3 rings (SSSR count). The number of hydrogen-bond acceptors (Lipinski definition) is 3. The summed E-state index contributed by atoms with van der Waals surface area (Å²) in [5.41, 5.74) is 2.53. The molecule has 2 aliphatic rings. The highest BCUT2D eigenvalue weighted by Crippen LogP contribution is 2.35. The van der Waals surface area contributed by atoms with E-state index in [2.05, 4.69) is 21.4 Å². The van der Waals surface area contributed by atoms with Gasteiger partial charge in [0.1, 0.15) is 6.33 Å². The molecule has 86 valence electrons. The Morgan fingerprint density at radius 3 is 2.38 bits per heavy atom. The Hall–Kier alpha value is -0.960. The maximum absolute atomic E-state index is 4.45. The Morgan fingerprint density at radius 1 is 1.00 bits per heavy atom. The third kappa shape index (κ3) is 1.96. The third-order valence-corrected chi connectivity index (χ3v) is 3.95. The fraction of sp³-hybridized carbons (Fsp3) is 0.692. The van der Waals surface area contributed by atoms with Crippen LogP contribution in [0.3, 0.4) is 0 Å². The van der Waals surface area contributed by atoms with Crippen LogP contribution in [-0.2, 0) is 0 Å². The maximum Gasteiger partial charge on any atom is 0.115 e. The Kier molecular flexibility index (Phi) is 2.87. The van der Waals surface area contributed by atoms with Crippen LogP contribution in [-0.4, -0.2) is 23.1 Å². The molecule has 3 heteroatoms. The Balaban J connectivity index is 1.77. The summed E-state index contributed by atoms with van der Waals surface area (Å²) >= 11 is 0. The molecule has 1 aliphatic heterocycles. The van der Waals surface area contributed by atoms with Gasteiger partial charge in [-0.05, 0) is 38.3 Å². The van der Waals surface area contributed by atoms with E-state index in [4.69, 9.17) is 0 Å². The second-order valence-corrected chi connectivity index (χ2v) is 5.04. The molecule has 2 heterocycles. The molecule has 1 saturated carbocycles. The first-order valence-electron chi connectivity index (χ1n) is 6.46. The third-order valence-electron chi connectivity index (χ3n) is 3.95. The fourth-order valence-electron chi connectivity index (χ4n) is 2.64. The molecule has 16 heavy (non-hydrogen) atoms. The molecular formula is C13H19N3. The molecule has 1 N–H and O–H groups in total. The van der Waals surface area contributed by atoms with Gasteiger partial charge in [0.15, 0.2) is 0 Å². The van der Waals surface area contributed by atoms with Crippen molar-refractivity contribution in [3.8, 4) is 0 Å². The molecule has 1 unspecified atom stereocenters. The molecule has 1 aromatic rings. The molecule has 0 aromatic carbocycles. The van der Waals surface area contributed by atoms with Crippen LogP contribution in [0.4, 0.5) is 0 Å². The lowest BCUT2D eigenvalue weighted by molar-refractivity contribution is 0.407. The second-order valence-electron chi connectivity index (χ2n) is 5.04. The van der Waals surface area contributed by atoms with E-state index < -0.39 is 0 Å². The highest BCUT2D eigenvalue weighted by Gasteiger charge is 2.23. The minimum atomic E-state index is 0.607. The average molecular weight is 217 g/mol. The van der Waals surface area contributed by atoms with Crippen molar-refractivity contribution < 1.29 is 0 Å². The number of nitrogens with one attached hydrogen (secondary N) is 1. The molecule has 0 amide bonds. The van der Waals surface area contributed by atoms with E-state index in [0.29, 0.717) is 5.92 Å². The van der Waals surface area contributed by atoms with Crippen molar-refractivity contribution in [2.75, 3.05) is 13.1 Å². The summed E-state index contributed by atoms with van der Waals surface area (Å²) in [7, 11) is 0. The van der Waals surface area contributed by atoms with E-state index in [9.17, 15) is 0 Å². The quantitative estimate of drug-likeness (QED) is 0.825. The van der Waals surface area contributed by atoms with Crippen molar-refractivity contribution in [2.45, 2.75) is 43.9 Å². The highest BCUT2D eigenvalue weighted by atomic mass is 14.9. The molecular weight excluding hydrogens is 198 g/mol. The standard InChI is InChI=1S/C13H19N3/c1-3-10(4-1)12-7-13(16-9-15-12)11-5-2-6-14-8-11/h7,9-11,14H,1-6,8H2. The van der Waals surface area contributed by atoms with Crippen molar-refractivity contribution in [2.24, 2.45) is 0 Å². The zero-order chi connectivity index (χ0) is 10.8. The van der Waals surface area contributed by atoms with Crippen molar-refractivity contribution in [1.82, 2.24) is 15.3 Å². The van der Waals surface area contributed by atoms with Gasteiger partial charge in [0.05, 0.1) is 0 Å². The SMILES string of the molecule is c1nc(C2CCC2)cc(C2CCCNC2)n1. The van der Waals surface area contributed by atoms with Crippen molar-refractivity contribution in [1.29, 1.82) is 0 Å². The van der Waals surface area contributed by atoms with Gasteiger partial charge >= 0.3 is 0 Å². The second kappa shape index (κ2) is 4.50. The first-order valence-corrected chi connectivity index (χ1v) is 6.46. The van der Waals surface area contributed by atoms with Crippen LogP contribution in [0.15, 0.2) is 12.4 Å². The number of piperidine rings is 1. The predicted octanol–water partition coefficient (Wildman–Crippen LogP) is 2.21. The lowest BCUT2D eigenvalue weighted by Crippen LogP contribution is -2.29. The van der Waals surface area contributed by atoms with E-state index >= 15 is 0 Å². The lowest BCUT2D eigenvalue weighted by Gasteiger charge is -2.26. The van der Waals surface area contributed by atoms with Crippen molar-refractivity contribution in [3.05, 3.63) is 23.8 Å². The molecule has 3 nitrogen and oxygen atoms in total. The van der Waals surface area contributed by atoms with Gasteiger partial charge in [-0.15, -0.1) is 0 Å². The number of aromatic nitrogens is 2. The summed E-state index contributed by atoms with van der Waals surface area (Å²) in [6.07, 6.45) is 8.31. The van der Waals surface area contributed by atoms with Gasteiger partial charge in [-0.1, -0.05) is 6.42 Å². The van der Waals surface area contributed by atoms with Gasteiger partial charge in [0.25, 0.3) is 0 Å². The Morgan fingerprint density at radius 2 is 1.75 bits per heavy atom. The topological polar surface area (TPSA) is 37.8 Å². The van der Waals surface area contributed by atoms with Gasteiger partial charge in [-0.2, -0.15) is 0 Å². The Labute approximate surface area is 96.7 Å². The zero-order valence-corrected chi connectivity index (χ0v) is 9.65. The lowest BCUT2D eigenvalue weighted by atomic mass is 9.82. The molecule has 0 bridgehead atoms. The molecule has 1 saturated heterocycles. The first-order chi connectivity index (χ1) is 7.93. The summed E-state index contributed by atoms with van der Waals surface area (Å²) < 4.78 is 0. The Bertz CT molecular complexity index is 354. The van der Waals surface area contributed by atoms with E-state index in [1.54, 1.807) is 6.33 Å². The number of rotatable bonds is 2. The number of hydrogen-bond donors (Lipinski definition) is 1. The van der Waals surface area contributed by atoms with Crippen LogP contribution in [0.2, 0.25) is 0 Å². The minimum absolute atomic E-state index is 0.607. The normalized spacial score (nSPS) is 26.4. The summed E-state index contributed by atoms with van der Waals surface area (Å²) in [5.74, 6) is 1.33. The smallest absolute Gasteiger partial charge is 0.115 e. The predicted molar refractivity (Wildman–Crippen MR) is 63.5 cm³/mol. The highest BCUT2D eigenvalue weighted by molar-refractivity contribution is 5.18. The summed E-state index contributed by atoms with van der Waals surface area (Å²) in [5, 5.41) is 3.45. The van der Waals surface area contributed by atoms with Gasteiger partial charge < -0.3 is 5.32 Å². The van der Waals surface area contributed by atoms with Gasteiger partial charge in [0.2, 0.25) is 0 Å². The van der Waals surface area contributed by atoms with Crippen molar-refractivity contribution in [3.63, 3.8) is 0 Å².